The molecule has 2 rings (SSSR count). The van der Waals surface area contributed by atoms with Crippen molar-refractivity contribution in [2.75, 3.05) is 12.4 Å². The van der Waals surface area contributed by atoms with E-state index < -0.39 is 0 Å². The Morgan fingerprint density at radius 2 is 1.80 bits per heavy atom. The summed E-state index contributed by atoms with van der Waals surface area (Å²) < 4.78 is 5.09. The van der Waals surface area contributed by atoms with E-state index in [4.69, 9.17) is 4.74 Å². The molecule has 2 aromatic carbocycles. The maximum Gasteiger partial charge on any atom is 0.248 e. The molecule has 0 bridgehead atoms. The molecular weight excluding hydrogens is 270 g/mol. The lowest BCUT2D eigenvalue weighted by molar-refractivity contribution is -0.111. The molecule has 3 nitrogen and oxygen atoms in total. The van der Waals surface area contributed by atoms with Crippen molar-refractivity contribution >= 4 is 23.4 Å². The molecule has 0 saturated heterocycles. The van der Waals surface area contributed by atoms with E-state index >= 15 is 0 Å². The summed E-state index contributed by atoms with van der Waals surface area (Å²) >= 11 is 1.48. The van der Waals surface area contributed by atoms with E-state index in [9.17, 15) is 4.79 Å². The minimum atomic E-state index is -0.141. The number of para-hydroxylation sites is 1. The molecule has 20 heavy (non-hydrogen) atoms. The number of thioether (sulfide) groups is 1. The van der Waals surface area contributed by atoms with Crippen LogP contribution in [0.3, 0.4) is 0 Å². The second kappa shape index (κ2) is 7.40. The molecule has 0 heterocycles. The van der Waals surface area contributed by atoms with Gasteiger partial charge in [0.2, 0.25) is 5.91 Å². The van der Waals surface area contributed by atoms with Gasteiger partial charge in [-0.1, -0.05) is 30.0 Å². The van der Waals surface area contributed by atoms with E-state index in [1.165, 1.54) is 17.8 Å². The highest BCUT2D eigenvalue weighted by molar-refractivity contribution is 8.02. The molecule has 1 amide bonds. The zero-order chi connectivity index (χ0) is 14.2. The van der Waals surface area contributed by atoms with Crippen LogP contribution in [-0.2, 0) is 4.79 Å². The highest BCUT2D eigenvalue weighted by Crippen LogP contribution is 2.22. The quantitative estimate of drug-likeness (QED) is 0.668. The summed E-state index contributed by atoms with van der Waals surface area (Å²) in [5.74, 6) is 0.678. The summed E-state index contributed by atoms with van der Waals surface area (Å²) in [6, 6.07) is 17.0. The fraction of sp³-hybridized carbons (Fsp3) is 0.0625. The van der Waals surface area contributed by atoms with Crippen molar-refractivity contribution in [3.05, 3.63) is 66.1 Å². The standard InChI is InChI=1S/C16H15NO2S/c1-19-14-7-9-15(10-8-14)20-12-11-16(18)17-13-5-3-2-4-6-13/h2-12H,1H3,(H,17,18). The van der Waals surface area contributed by atoms with E-state index in [-0.39, 0.29) is 5.91 Å². The van der Waals surface area contributed by atoms with Gasteiger partial charge in [0.05, 0.1) is 7.11 Å². The molecule has 2 aromatic rings. The number of methoxy groups -OCH3 is 1. The number of carbonyl (C=O) groups is 1. The Balaban J connectivity index is 1.84. The number of hydrogen-bond donors (Lipinski definition) is 1. The second-order valence-corrected chi connectivity index (χ2v) is 4.93. The third-order valence-corrected chi connectivity index (χ3v) is 3.34. The second-order valence-electron chi connectivity index (χ2n) is 3.95. The lowest BCUT2D eigenvalue weighted by atomic mass is 10.3. The molecule has 0 saturated carbocycles. The summed E-state index contributed by atoms with van der Waals surface area (Å²) in [5.41, 5.74) is 0.789. The highest BCUT2D eigenvalue weighted by Gasteiger charge is 1.97. The molecular formula is C16H15NO2S. The minimum absolute atomic E-state index is 0.141. The molecule has 1 N–H and O–H groups in total. The molecule has 0 spiro atoms. The van der Waals surface area contributed by atoms with Gasteiger partial charge in [0.25, 0.3) is 0 Å². The first-order valence-corrected chi connectivity index (χ1v) is 6.99. The zero-order valence-electron chi connectivity index (χ0n) is 11.1. The Kier molecular flexibility index (Phi) is 5.26. The van der Waals surface area contributed by atoms with Crippen LogP contribution in [0.15, 0.2) is 71.0 Å². The van der Waals surface area contributed by atoms with E-state index in [1.807, 2.05) is 54.6 Å². The number of amides is 1. The Morgan fingerprint density at radius 1 is 1.10 bits per heavy atom. The van der Waals surface area contributed by atoms with Crippen LogP contribution >= 0.6 is 11.8 Å². The zero-order valence-corrected chi connectivity index (χ0v) is 11.9. The van der Waals surface area contributed by atoms with Crippen LogP contribution in [0.5, 0.6) is 5.75 Å². The molecule has 102 valence electrons. The molecule has 0 atom stereocenters. The van der Waals surface area contributed by atoms with Gasteiger partial charge >= 0.3 is 0 Å². The first-order valence-electron chi connectivity index (χ1n) is 6.11. The molecule has 0 aliphatic rings. The number of ether oxygens (including phenoxy) is 1. The van der Waals surface area contributed by atoms with E-state index in [2.05, 4.69) is 5.32 Å². The average molecular weight is 285 g/mol. The Bertz CT molecular complexity index is 579. The van der Waals surface area contributed by atoms with E-state index in [1.54, 1.807) is 12.5 Å². The van der Waals surface area contributed by atoms with Gasteiger partial charge in [-0.2, -0.15) is 0 Å². The van der Waals surface area contributed by atoms with Crippen molar-refractivity contribution in [2.24, 2.45) is 0 Å². The molecule has 0 aliphatic heterocycles. The molecule has 0 unspecified atom stereocenters. The van der Waals surface area contributed by atoms with Crippen molar-refractivity contribution in [3.8, 4) is 5.75 Å². The number of carbonyl (C=O) groups excluding carboxylic acids is 1. The summed E-state index contributed by atoms with van der Waals surface area (Å²) in [6.07, 6.45) is 1.52. The van der Waals surface area contributed by atoms with Crippen molar-refractivity contribution in [1.82, 2.24) is 0 Å². The fourth-order valence-corrected chi connectivity index (χ4v) is 2.18. The fourth-order valence-electron chi connectivity index (χ4n) is 1.53. The van der Waals surface area contributed by atoms with Gasteiger partial charge in [0.15, 0.2) is 0 Å². The normalized spacial score (nSPS) is 10.4. The Morgan fingerprint density at radius 3 is 2.45 bits per heavy atom. The molecule has 0 radical (unpaired) electrons. The van der Waals surface area contributed by atoms with E-state index in [0.717, 1.165) is 16.3 Å². The van der Waals surface area contributed by atoms with Crippen LogP contribution < -0.4 is 10.1 Å². The SMILES string of the molecule is COc1ccc(SC=CC(=O)Nc2ccccc2)cc1. The maximum atomic E-state index is 11.7. The predicted octanol–water partition coefficient (Wildman–Crippen LogP) is 3.94. The number of hydrogen-bond acceptors (Lipinski definition) is 3. The van der Waals surface area contributed by atoms with Gasteiger partial charge < -0.3 is 10.1 Å². The Hall–Kier alpha value is -2.20. The number of benzene rings is 2. The van der Waals surface area contributed by atoms with E-state index in [0.29, 0.717) is 0 Å². The third-order valence-electron chi connectivity index (χ3n) is 2.52. The maximum absolute atomic E-state index is 11.7. The molecule has 0 aliphatic carbocycles. The number of rotatable bonds is 5. The molecule has 0 aromatic heterocycles. The van der Waals surface area contributed by atoms with Crippen LogP contribution in [0, 0.1) is 0 Å². The van der Waals surface area contributed by atoms with Crippen molar-refractivity contribution < 1.29 is 9.53 Å². The van der Waals surface area contributed by atoms with Crippen molar-refractivity contribution in [1.29, 1.82) is 0 Å². The van der Waals surface area contributed by atoms with Crippen molar-refractivity contribution in [3.63, 3.8) is 0 Å². The summed E-state index contributed by atoms with van der Waals surface area (Å²) in [4.78, 5) is 12.7. The monoisotopic (exact) mass is 285 g/mol. The van der Waals surface area contributed by atoms with Crippen LogP contribution in [0.4, 0.5) is 5.69 Å². The lowest BCUT2D eigenvalue weighted by Crippen LogP contribution is -2.07. The van der Waals surface area contributed by atoms with Crippen LogP contribution in [0.2, 0.25) is 0 Å². The average Bonchev–Trinajstić information content (AvgIpc) is 2.49. The first-order chi connectivity index (χ1) is 9.78. The number of anilines is 1. The van der Waals surface area contributed by atoms with Gasteiger partial charge in [-0.15, -0.1) is 0 Å². The minimum Gasteiger partial charge on any atom is -0.497 e. The van der Waals surface area contributed by atoms with Gasteiger partial charge in [-0.25, -0.2) is 0 Å². The first kappa shape index (κ1) is 14.2. The van der Waals surface area contributed by atoms with Crippen LogP contribution in [-0.4, -0.2) is 13.0 Å². The highest BCUT2D eigenvalue weighted by atomic mass is 32.2. The molecule has 4 heteroatoms. The Labute approximate surface area is 122 Å². The van der Waals surface area contributed by atoms with Gasteiger partial charge in [-0.05, 0) is 41.8 Å². The summed E-state index contributed by atoms with van der Waals surface area (Å²) in [6.45, 7) is 0. The number of nitrogens with one attached hydrogen (secondary N) is 1. The van der Waals surface area contributed by atoms with Crippen LogP contribution in [0.1, 0.15) is 0 Å². The largest absolute Gasteiger partial charge is 0.497 e. The molecule has 0 fully saturated rings. The van der Waals surface area contributed by atoms with Gasteiger partial charge in [0, 0.05) is 16.7 Å². The lowest BCUT2D eigenvalue weighted by Gasteiger charge is -2.01. The van der Waals surface area contributed by atoms with Gasteiger partial charge in [-0.3, -0.25) is 4.79 Å². The van der Waals surface area contributed by atoms with Crippen LogP contribution in [0.25, 0.3) is 0 Å². The van der Waals surface area contributed by atoms with Gasteiger partial charge in [0.1, 0.15) is 5.75 Å². The summed E-state index contributed by atoms with van der Waals surface area (Å²) in [7, 11) is 1.63. The smallest absolute Gasteiger partial charge is 0.248 e. The van der Waals surface area contributed by atoms with Crippen molar-refractivity contribution in [2.45, 2.75) is 4.90 Å². The summed E-state index contributed by atoms with van der Waals surface area (Å²) in [5, 5.41) is 4.55. The topological polar surface area (TPSA) is 38.3 Å². The third kappa shape index (κ3) is 4.48. The predicted molar refractivity (Wildman–Crippen MR) is 83.1 cm³/mol.